The molecule has 0 N–H and O–H groups in total. The van der Waals surface area contributed by atoms with Crippen LogP contribution in [0.2, 0.25) is 5.54 Å². The van der Waals surface area contributed by atoms with Crippen molar-refractivity contribution in [3.63, 3.8) is 0 Å². The molecule has 0 aromatic rings. The maximum absolute atomic E-state index is 6.32. The van der Waals surface area contributed by atoms with E-state index in [0.717, 1.165) is 0 Å². The van der Waals surface area contributed by atoms with Crippen molar-refractivity contribution < 1.29 is 8.85 Å². The van der Waals surface area contributed by atoms with Crippen molar-refractivity contribution in [2.75, 3.05) is 27.3 Å². The Bertz CT molecular complexity index is 327. The highest BCUT2D eigenvalue weighted by molar-refractivity contribution is 6.66. The minimum absolute atomic E-state index is 0.649. The van der Waals surface area contributed by atoms with Gasteiger partial charge in [-0.25, -0.2) is 0 Å². The fourth-order valence-corrected chi connectivity index (χ4v) is 8.93. The third-order valence-corrected chi connectivity index (χ3v) is 10.8. The van der Waals surface area contributed by atoms with E-state index < -0.39 is 8.72 Å². The Hall–Kier alpha value is 0.0969. The summed E-state index contributed by atoms with van der Waals surface area (Å²) in [6.07, 6.45) is 23.0. The molecule has 1 aliphatic rings. The van der Waals surface area contributed by atoms with Crippen LogP contribution in [0.4, 0.5) is 0 Å². The third kappa shape index (κ3) is 9.28. The van der Waals surface area contributed by atoms with E-state index in [1.54, 1.807) is 0 Å². The van der Waals surface area contributed by atoms with Gasteiger partial charge < -0.3 is 8.85 Å². The Balaban J connectivity index is 2.62. The van der Waals surface area contributed by atoms with Gasteiger partial charge in [-0.1, -0.05) is 97.3 Å². The maximum Gasteiger partial charge on any atom is 0.430 e. The minimum Gasteiger partial charge on any atom is -0.386 e. The van der Waals surface area contributed by atoms with Crippen molar-refractivity contribution in [2.24, 2.45) is 0 Å². The lowest BCUT2D eigenvalue weighted by Crippen LogP contribution is -2.61. The Kier molecular flexibility index (Phi) is 15.7. The number of nitrogens with zero attached hydrogens (tertiary/aromatic N) is 1. The van der Waals surface area contributed by atoms with Crippen LogP contribution in [-0.2, 0) is 8.85 Å². The van der Waals surface area contributed by atoms with Crippen LogP contribution in [0.25, 0.3) is 0 Å². The molecule has 0 radical (unpaired) electrons. The zero-order valence-corrected chi connectivity index (χ0v) is 20.8. The average molecular weight is 414 g/mol. The molecule has 0 heterocycles. The van der Waals surface area contributed by atoms with Gasteiger partial charge in [-0.05, 0) is 38.8 Å². The summed E-state index contributed by atoms with van der Waals surface area (Å²) in [7, 11) is 1.57. The first-order valence-corrected chi connectivity index (χ1v) is 14.4. The Labute approximate surface area is 178 Å². The molecule has 0 saturated heterocycles. The summed E-state index contributed by atoms with van der Waals surface area (Å²) in [6, 6.07) is 0. The molecule has 4 heteroatoms. The Morgan fingerprint density at radius 3 is 1.50 bits per heavy atom. The van der Waals surface area contributed by atoms with Crippen LogP contribution in [0.3, 0.4) is 0 Å². The first kappa shape index (κ1) is 26.1. The molecule has 0 atom stereocenters. The molecular formula is C24H51NO2Si. The summed E-state index contributed by atoms with van der Waals surface area (Å²) >= 11 is 0. The van der Waals surface area contributed by atoms with Gasteiger partial charge in [-0.3, -0.25) is 4.57 Å². The van der Waals surface area contributed by atoms with E-state index in [2.05, 4.69) is 18.4 Å². The zero-order chi connectivity index (χ0) is 20.5. The summed E-state index contributed by atoms with van der Waals surface area (Å²) in [5, 5.41) is 0. The largest absolute Gasteiger partial charge is 0.430 e. The van der Waals surface area contributed by atoms with Crippen molar-refractivity contribution in [1.82, 2.24) is 4.57 Å². The van der Waals surface area contributed by atoms with E-state index in [0.29, 0.717) is 5.54 Å². The second kappa shape index (κ2) is 16.8. The zero-order valence-electron chi connectivity index (χ0n) is 19.8. The summed E-state index contributed by atoms with van der Waals surface area (Å²) < 4.78 is 15.4. The summed E-state index contributed by atoms with van der Waals surface area (Å²) in [4.78, 5) is 0. The summed E-state index contributed by atoms with van der Waals surface area (Å²) in [5.74, 6) is 0. The Morgan fingerprint density at radius 2 is 1.07 bits per heavy atom. The van der Waals surface area contributed by atoms with Crippen LogP contribution in [0.5, 0.6) is 0 Å². The number of rotatable bonds is 18. The standard InChI is InChI=1S/C24H51NO2Si/c1-5-7-9-11-13-18-22-25(23-19-14-12-10-8-6-2)28(26-3,27-4)24-20-16-15-17-21-24/h24H,5-23H2,1-4H3. The maximum atomic E-state index is 6.32. The minimum atomic E-state index is -2.29. The van der Waals surface area contributed by atoms with Gasteiger partial charge in [0.1, 0.15) is 0 Å². The molecule has 0 aromatic carbocycles. The SMILES string of the molecule is CCCCCCCCN(CCCCCCCC)[Si](OC)(OC)C1CCCCC1. The monoisotopic (exact) mass is 413 g/mol. The van der Waals surface area contributed by atoms with Crippen LogP contribution >= 0.6 is 0 Å². The smallest absolute Gasteiger partial charge is 0.386 e. The first-order chi connectivity index (χ1) is 13.7. The third-order valence-electron chi connectivity index (χ3n) is 6.71. The van der Waals surface area contributed by atoms with Gasteiger partial charge in [0.2, 0.25) is 0 Å². The molecule has 0 unspecified atom stereocenters. The van der Waals surface area contributed by atoms with Gasteiger partial charge in [0.05, 0.1) is 0 Å². The molecule has 1 rings (SSSR count). The van der Waals surface area contributed by atoms with Crippen molar-refractivity contribution >= 4 is 8.72 Å². The van der Waals surface area contributed by atoms with Gasteiger partial charge in [0.25, 0.3) is 0 Å². The fourth-order valence-electron chi connectivity index (χ4n) is 4.99. The fraction of sp³-hybridized carbons (Fsp3) is 1.00. The van der Waals surface area contributed by atoms with Crippen LogP contribution in [0.1, 0.15) is 123 Å². The van der Waals surface area contributed by atoms with Crippen molar-refractivity contribution in [2.45, 2.75) is 129 Å². The molecule has 0 aliphatic heterocycles. The predicted molar refractivity (Wildman–Crippen MR) is 125 cm³/mol. The van der Waals surface area contributed by atoms with Crippen LogP contribution in [-0.4, -0.2) is 40.6 Å². The number of hydrogen-bond donors (Lipinski definition) is 0. The molecule has 0 aromatic heterocycles. The lowest BCUT2D eigenvalue weighted by atomic mass is 10.0. The van der Waals surface area contributed by atoms with E-state index in [-0.39, 0.29) is 0 Å². The van der Waals surface area contributed by atoms with Crippen LogP contribution in [0.15, 0.2) is 0 Å². The van der Waals surface area contributed by atoms with Gasteiger partial charge in [-0.2, -0.15) is 0 Å². The molecule has 168 valence electrons. The molecule has 28 heavy (non-hydrogen) atoms. The topological polar surface area (TPSA) is 21.7 Å². The summed E-state index contributed by atoms with van der Waals surface area (Å²) in [6.45, 7) is 6.93. The quantitative estimate of drug-likeness (QED) is 0.171. The van der Waals surface area contributed by atoms with Crippen molar-refractivity contribution in [3.05, 3.63) is 0 Å². The normalized spacial score (nSPS) is 16.2. The lowest BCUT2D eigenvalue weighted by molar-refractivity contribution is 0.138. The Morgan fingerprint density at radius 1 is 0.643 bits per heavy atom. The molecule has 0 bridgehead atoms. The van der Waals surface area contributed by atoms with Crippen LogP contribution in [0, 0.1) is 0 Å². The second-order valence-electron chi connectivity index (χ2n) is 8.90. The first-order valence-electron chi connectivity index (χ1n) is 12.6. The van der Waals surface area contributed by atoms with Crippen LogP contribution < -0.4 is 0 Å². The van der Waals surface area contributed by atoms with E-state index in [9.17, 15) is 0 Å². The van der Waals surface area contributed by atoms with Gasteiger partial charge in [0.15, 0.2) is 0 Å². The van der Waals surface area contributed by atoms with Gasteiger partial charge in [0, 0.05) is 19.8 Å². The van der Waals surface area contributed by atoms with Crippen molar-refractivity contribution in [1.29, 1.82) is 0 Å². The van der Waals surface area contributed by atoms with Crippen molar-refractivity contribution in [3.8, 4) is 0 Å². The van der Waals surface area contributed by atoms with E-state index in [1.165, 1.54) is 122 Å². The average Bonchev–Trinajstić information content (AvgIpc) is 2.74. The molecule has 1 fully saturated rings. The van der Waals surface area contributed by atoms with Gasteiger partial charge >= 0.3 is 8.72 Å². The van der Waals surface area contributed by atoms with E-state index in [4.69, 9.17) is 8.85 Å². The van der Waals surface area contributed by atoms with E-state index >= 15 is 0 Å². The highest BCUT2D eigenvalue weighted by Gasteiger charge is 2.50. The summed E-state index contributed by atoms with van der Waals surface area (Å²) in [5.41, 5.74) is 0.649. The van der Waals surface area contributed by atoms with Gasteiger partial charge in [-0.15, -0.1) is 0 Å². The molecule has 1 saturated carbocycles. The highest BCUT2D eigenvalue weighted by atomic mass is 28.4. The molecule has 1 aliphatic carbocycles. The molecule has 0 amide bonds. The number of unbranched alkanes of at least 4 members (excludes halogenated alkanes) is 10. The molecule has 0 spiro atoms. The van der Waals surface area contributed by atoms with E-state index in [1.807, 2.05) is 14.2 Å². The highest BCUT2D eigenvalue weighted by Crippen LogP contribution is 2.39. The number of hydrogen-bond acceptors (Lipinski definition) is 3. The second-order valence-corrected chi connectivity index (χ2v) is 12.4. The molecular weight excluding hydrogens is 362 g/mol. The predicted octanol–water partition coefficient (Wildman–Crippen LogP) is 7.58. The molecule has 3 nitrogen and oxygen atoms in total. The lowest BCUT2D eigenvalue weighted by Gasteiger charge is -2.44.